The summed E-state index contributed by atoms with van der Waals surface area (Å²) >= 11 is 0. The van der Waals surface area contributed by atoms with Gasteiger partial charge < -0.3 is 14.9 Å². The Bertz CT molecular complexity index is 437. The molecule has 2 rings (SSSR count). The lowest BCUT2D eigenvalue weighted by Crippen LogP contribution is -2.46. The Morgan fingerprint density at radius 1 is 1.28 bits per heavy atom. The fraction of sp³-hybridized carbons (Fsp3) is 0.500. The average molecular weight is 248 g/mol. The summed E-state index contributed by atoms with van der Waals surface area (Å²) in [5.74, 6) is -0.858. The van der Waals surface area contributed by atoms with Crippen molar-refractivity contribution in [3.63, 3.8) is 0 Å². The van der Waals surface area contributed by atoms with E-state index in [4.69, 9.17) is 5.11 Å². The second kappa shape index (κ2) is 5.40. The van der Waals surface area contributed by atoms with E-state index in [1.54, 1.807) is 12.1 Å². The second-order valence-corrected chi connectivity index (χ2v) is 4.73. The van der Waals surface area contributed by atoms with E-state index in [9.17, 15) is 4.79 Å². The molecule has 0 aliphatic carbocycles. The van der Waals surface area contributed by atoms with Gasteiger partial charge in [0.25, 0.3) is 0 Å². The van der Waals surface area contributed by atoms with Crippen LogP contribution in [0.2, 0.25) is 0 Å². The van der Waals surface area contributed by atoms with Crippen molar-refractivity contribution in [2.45, 2.75) is 13.8 Å². The lowest BCUT2D eigenvalue weighted by molar-refractivity contribution is 0.0697. The highest BCUT2D eigenvalue weighted by atomic mass is 16.4. The number of carboxylic acid groups (broad SMARTS) is 1. The van der Waals surface area contributed by atoms with Crippen LogP contribution in [0.25, 0.3) is 0 Å². The topological polar surface area (TPSA) is 43.8 Å². The number of rotatable bonds is 3. The summed E-state index contributed by atoms with van der Waals surface area (Å²) in [5.41, 5.74) is 2.57. The summed E-state index contributed by atoms with van der Waals surface area (Å²) in [4.78, 5) is 15.7. The van der Waals surface area contributed by atoms with Crippen molar-refractivity contribution in [3.8, 4) is 0 Å². The molecule has 1 saturated heterocycles. The first-order valence-electron chi connectivity index (χ1n) is 6.43. The van der Waals surface area contributed by atoms with Crippen molar-refractivity contribution in [2.24, 2.45) is 0 Å². The molecule has 0 saturated carbocycles. The molecule has 4 heteroatoms. The van der Waals surface area contributed by atoms with Gasteiger partial charge in [0.05, 0.1) is 5.56 Å². The van der Waals surface area contributed by atoms with Gasteiger partial charge in [-0.15, -0.1) is 0 Å². The van der Waals surface area contributed by atoms with Crippen molar-refractivity contribution in [2.75, 3.05) is 37.6 Å². The third kappa shape index (κ3) is 2.64. The van der Waals surface area contributed by atoms with Gasteiger partial charge in [-0.1, -0.05) is 13.0 Å². The van der Waals surface area contributed by atoms with Gasteiger partial charge in [0.15, 0.2) is 0 Å². The normalized spacial score (nSPS) is 16.9. The van der Waals surface area contributed by atoms with Gasteiger partial charge in [0.1, 0.15) is 0 Å². The predicted octanol–water partition coefficient (Wildman–Crippen LogP) is 1.84. The number of carbonyl (C=O) groups is 1. The monoisotopic (exact) mass is 248 g/mol. The molecule has 98 valence electrons. The standard InChI is InChI=1S/C14H20N2O2/c1-3-15-6-8-16(9-7-15)13-10-12(14(17)18)5-4-11(13)2/h4-5,10H,3,6-9H2,1-2H3,(H,17,18). The van der Waals surface area contributed by atoms with Crippen LogP contribution in [0, 0.1) is 6.92 Å². The molecule has 0 amide bonds. The quantitative estimate of drug-likeness (QED) is 0.886. The van der Waals surface area contributed by atoms with Gasteiger partial charge in [-0.25, -0.2) is 4.79 Å². The maximum atomic E-state index is 11.0. The van der Waals surface area contributed by atoms with E-state index in [1.807, 2.05) is 13.0 Å². The van der Waals surface area contributed by atoms with E-state index >= 15 is 0 Å². The fourth-order valence-electron chi connectivity index (χ4n) is 2.39. The van der Waals surface area contributed by atoms with E-state index < -0.39 is 5.97 Å². The number of likely N-dealkylation sites (N-methyl/N-ethyl adjacent to an activating group) is 1. The number of aromatic carboxylic acids is 1. The van der Waals surface area contributed by atoms with Crippen LogP contribution in [0.15, 0.2) is 18.2 Å². The molecule has 1 aromatic rings. The minimum Gasteiger partial charge on any atom is -0.478 e. The highest BCUT2D eigenvalue weighted by Gasteiger charge is 2.18. The number of anilines is 1. The van der Waals surface area contributed by atoms with E-state index in [1.165, 1.54) is 0 Å². The molecule has 1 heterocycles. The summed E-state index contributed by atoms with van der Waals surface area (Å²) in [6, 6.07) is 5.35. The lowest BCUT2D eigenvalue weighted by Gasteiger charge is -2.36. The van der Waals surface area contributed by atoms with Gasteiger partial charge in [-0.2, -0.15) is 0 Å². The highest BCUT2D eigenvalue weighted by Crippen LogP contribution is 2.23. The molecule has 0 aromatic heterocycles. The maximum Gasteiger partial charge on any atom is 0.335 e. The zero-order valence-electron chi connectivity index (χ0n) is 11.0. The van der Waals surface area contributed by atoms with E-state index in [2.05, 4.69) is 16.7 Å². The number of aryl methyl sites for hydroxylation is 1. The molecule has 0 atom stereocenters. The Labute approximate surface area is 108 Å². The molecular weight excluding hydrogens is 228 g/mol. The first-order chi connectivity index (χ1) is 8.61. The number of hydrogen-bond acceptors (Lipinski definition) is 3. The molecule has 18 heavy (non-hydrogen) atoms. The lowest BCUT2D eigenvalue weighted by atomic mass is 10.1. The Morgan fingerprint density at radius 3 is 2.50 bits per heavy atom. The van der Waals surface area contributed by atoms with E-state index in [-0.39, 0.29) is 0 Å². The van der Waals surface area contributed by atoms with Crippen molar-refractivity contribution < 1.29 is 9.90 Å². The predicted molar refractivity (Wildman–Crippen MR) is 72.5 cm³/mol. The summed E-state index contributed by atoms with van der Waals surface area (Å²) in [6.07, 6.45) is 0. The van der Waals surface area contributed by atoms with Crippen LogP contribution in [-0.4, -0.2) is 48.7 Å². The number of hydrogen-bond donors (Lipinski definition) is 1. The molecule has 1 aliphatic rings. The average Bonchev–Trinajstić information content (AvgIpc) is 2.39. The molecule has 1 N–H and O–H groups in total. The first-order valence-corrected chi connectivity index (χ1v) is 6.43. The highest BCUT2D eigenvalue weighted by molar-refractivity contribution is 5.89. The molecule has 1 aromatic carbocycles. The maximum absolute atomic E-state index is 11.0. The fourth-order valence-corrected chi connectivity index (χ4v) is 2.39. The summed E-state index contributed by atoms with van der Waals surface area (Å²) < 4.78 is 0. The smallest absolute Gasteiger partial charge is 0.335 e. The summed E-state index contributed by atoms with van der Waals surface area (Å²) in [7, 11) is 0. The Kier molecular flexibility index (Phi) is 3.87. The summed E-state index contributed by atoms with van der Waals surface area (Å²) in [6.45, 7) is 9.33. The first kappa shape index (κ1) is 12.9. The molecule has 0 spiro atoms. The van der Waals surface area contributed by atoms with E-state index in [0.717, 1.165) is 44.0 Å². The molecule has 1 fully saturated rings. The number of carboxylic acids is 1. The zero-order valence-corrected chi connectivity index (χ0v) is 11.0. The van der Waals surface area contributed by atoms with Gasteiger partial charge in [-0.05, 0) is 31.2 Å². The van der Waals surface area contributed by atoms with Crippen LogP contribution in [0.4, 0.5) is 5.69 Å². The van der Waals surface area contributed by atoms with Crippen molar-refractivity contribution in [3.05, 3.63) is 29.3 Å². The number of nitrogens with zero attached hydrogens (tertiary/aromatic N) is 2. The molecule has 1 aliphatic heterocycles. The van der Waals surface area contributed by atoms with Crippen molar-refractivity contribution >= 4 is 11.7 Å². The molecule has 0 bridgehead atoms. The summed E-state index contributed by atoms with van der Waals surface area (Å²) in [5, 5.41) is 9.05. The van der Waals surface area contributed by atoms with Crippen LogP contribution in [0.3, 0.4) is 0 Å². The number of benzene rings is 1. The van der Waals surface area contributed by atoms with Crippen molar-refractivity contribution in [1.29, 1.82) is 0 Å². The molecular formula is C14H20N2O2. The van der Waals surface area contributed by atoms with Crippen LogP contribution in [-0.2, 0) is 0 Å². The van der Waals surface area contributed by atoms with Gasteiger partial charge in [-0.3, -0.25) is 0 Å². The van der Waals surface area contributed by atoms with E-state index in [0.29, 0.717) is 5.56 Å². The minimum absolute atomic E-state index is 0.369. The minimum atomic E-state index is -0.858. The Morgan fingerprint density at radius 2 is 1.94 bits per heavy atom. The van der Waals surface area contributed by atoms with Crippen LogP contribution in [0.1, 0.15) is 22.8 Å². The zero-order chi connectivity index (χ0) is 13.1. The molecule has 0 radical (unpaired) electrons. The number of piperazine rings is 1. The molecule has 4 nitrogen and oxygen atoms in total. The van der Waals surface area contributed by atoms with Gasteiger partial charge >= 0.3 is 5.97 Å². The largest absolute Gasteiger partial charge is 0.478 e. The second-order valence-electron chi connectivity index (χ2n) is 4.73. The van der Waals surface area contributed by atoms with Crippen molar-refractivity contribution in [1.82, 2.24) is 4.90 Å². The SMILES string of the molecule is CCN1CCN(c2cc(C(=O)O)ccc2C)CC1. The molecule has 0 unspecified atom stereocenters. The van der Waals surface area contributed by atoms with Crippen LogP contribution in [0.5, 0.6) is 0 Å². The van der Waals surface area contributed by atoms with Crippen LogP contribution >= 0.6 is 0 Å². The Hall–Kier alpha value is -1.55. The van der Waals surface area contributed by atoms with Crippen LogP contribution < -0.4 is 4.90 Å². The third-order valence-corrected chi connectivity index (χ3v) is 3.62. The Balaban J connectivity index is 2.18. The van der Waals surface area contributed by atoms with Gasteiger partial charge in [0, 0.05) is 31.9 Å². The third-order valence-electron chi connectivity index (χ3n) is 3.62. The van der Waals surface area contributed by atoms with Gasteiger partial charge in [0.2, 0.25) is 0 Å².